The monoisotopic (exact) mass is 302 g/mol. The van der Waals surface area contributed by atoms with Crippen LogP contribution in [0.3, 0.4) is 0 Å². The first-order valence-electron chi connectivity index (χ1n) is 7.95. The molecule has 0 radical (unpaired) electrons. The summed E-state index contributed by atoms with van der Waals surface area (Å²) in [6, 6.07) is 8.56. The van der Waals surface area contributed by atoms with E-state index in [0.717, 1.165) is 33.4 Å². The molecule has 2 unspecified atom stereocenters. The molecule has 1 heterocycles. The highest BCUT2D eigenvalue weighted by Gasteiger charge is 2.24. The molecule has 0 saturated heterocycles. The van der Waals surface area contributed by atoms with Gasteiger partial charge in [0.05, 0.1) is 16.2 Å². The van der Waals surface area contributed by atoms with E-state index >= 15 is 0 Å². The number of anilines is 1. The van der Waals surface area contributed by atoms with Gasteiger partial charge in [-0.1, -0.05) is 38.3 Å². The minimum atomic E-state index is 0.553. The Morgan fingerprint density at radius 3 is 2.90 bits per heavy atom. The molecule has 3 heteroatoms. The van der Waals surface area contributed by atoms with Crippen LogP contribution < -0.4 is 5.32 Å². The van der Waals surface area contributed by atoms with Gasteiger partial charge in [0, 0.05) is 17.6 Å². The Kier molecular flexibility index (Phi) is 4.34. The number of hydrogen-bond acceptors (Lipinski definition) is 2. The van der Waals surface area contributed by atoms with Crippen LogP contribution in [0.25, 0.3) is 10.9 Å². The van der Waals surface area contributed by atoms with Crippen LogP contribution >= 0.6 is 11.6 Å². The fourth-order valence-corrected chi connectivity index (χ4v) is 3.65. The molecule has 1 aliphatic rings. The first-order chi connectivity index (χ1) is 10.1. The van der Waals surface area contributed by atoms with Crippen LogP contribution in [0.15, 0.2) is 30.5 Å². The number of benzene rings is 1. The summed E-state index contributed by atoms with van der Waals surface area (Å²) in [6.07, 6.45) is 7.03. The molecule has 1 fully saturated rings. The molecule has 2 aromatic rings. The Balaban J connectivity index is 1.83. The maximum absolute atomic E-state index is 6.27. The van der Waals surface area contributed by atoms with Crippen molar-refractivity contribution in [1.29, 1.82) is 0 Å². The molecule has 0 aliphatic heterocycles. The molecule has 1 aliphatic carbocycles. The van der Waals surface area contributed by atoms with Crippen molar-refractivity contribution in [3.8, 4) is 0 Å². The van der Waals surface area contributed by atoms with Gasteiger partial charge >= 0.3 is 0 Å². The highest BCUT2D eigenvalue weighted by molar-refractivity contribution is 6.35. The standard InChI is InChI=1S/C18H23ClN2/c1-12(2)13-5-3-6-14(11-13)21-17-9-8-16(19)15-7-4-10-20-18(15)17/h4,7-10,12-14,21H,3,5-6,11H2,1-2H3. The van der Waals surface area contributed by atoms with E-state index in [1.807, 2.05) is 24.4 Å². The Hall–Kier alpha value is -1.28. The zero-order valence-electron chi connectivity index (χ0n) is 12.8. The molecule has 21 heavy (non-hydrogen) atoms. The van der Waals surface area contributed by atoms with Gasteiger partial charge in [0.25, 0.3) is 0 Å². The third kappa shape index (κ3) is 3.16. The van der Waals surface area contributed by atoms with E-state index in [4.69, 9.17) is 11.6 Å². The number of pyridine rings is 1. The number of rotatable bonds is 3. The van der Waals surface area contributed by atoms with E-state index in [1.165, 1.54) is 25.7 Å². The molecule has 2 nitrogen and oxygen atoms in total. The number of hydrogen-bond donors (Lipinski definition) is 1. The molecule has 1 saturated carbocycles. The second kappa shape index (κ2) is 6.23. The molecule has 1 aromatic heterocycles. The average Bonchev–Trinajstić information content (AvgIpc) is 2.51. The van der Waals surface area contributed by atoms with Crippen LogP contribution in [0.4, 0.5) is 5.69 Å². The second-order valence-electron chi connectivity index (χ2n) is 6.51. The second-order valence-corrected chi connectivity index (χ2v) is 6.91. The van der Waals surface area contributed by atoms with E-state index in [-0.39, 0.29) is 0 Å². The summed E-state index contributed by atoms with van der Waals surface area (Å²) in [5, 5.41) is 5.51. The number of nitrogens with zero attached hydrogens (tertiary/aromatic N) is 1. The van der Waals surface area contributed by atoms with E-state index in [0.29, 0.717) is 6.04 Å². The van der Waals surface area contributed by atoms with Crippen LogP contribution in [0.1, 0.15) is 39.5 Å². The lowest BCUT2D eigenvalue weighted by Crippen LogP contribution is -2.29. The van der Waals surface area contributed by atoms with Gasteiger partial charge in [0.15, 0.2) is 0 Å². The van der Waals surface area contributed by atoms with Crippen molar-refractivity contribution in [2.75, 3.05) is 5.32 Å². The summed E-state index contributed by atoms with van der Waals surface area (Å²) in [6.45, 7) is 4.68. The van der Waals surface area contributed by atoms with E-state index < -0.39 is 0 Å². The lowest BCUT2D eigenvalue weighted by molar-refractivity contribution is 0.264. The summed E-state index contributed by atoms with van der Waals surface area (Å²) in [7, 11) is 0. The summed E-state index contributed by atoms with van der Waals surface area (Å²) < 4.78 is 0. The Morgan fingerprint density at radius 1 is 1.24 bits per heavy atom. The molecule has 1 N–H and O–H groups in total. The molecule has 0 spiro atoms. The fourth-order valence-electron chi connectivity index (χ4n) is 3.44. The van der Waals surface area contributed by atoms with Crippen molar-refractivity contribution in [3.63, 3.8) is 0 Å². The summed E-state index contributed by atoms with van der Waals surface area (Å²) in [5.74, 6) is 1.61. The maximum Gasteiger partial charge on any atom is 0.0948 e. The van der Waals surface area contributed by atoms with Gasteiger partial charge in [0.2, 0.25) is 0 Å². The van der Waals surface area contributed by atoms with Gasteiger partial charge in [-0.3, -0.25) is 4.98 Å². The molecule has 0 bridgehead atoms. The molecular weight excluding hydrogens is 280 g/mol. The normalized spacial score (nSPS) is 22.7. The smallest absolute Gasteiger partial charge is 0.0948 e. The topological polar surface area (TPSA) is 24.9 Å². The zero-order valence-corrected chi connectivity index (χ0v) is 13.5. The zero-order chi connectivity index (χ0) is 14.8. The highest BCUT2D eigenvalue weighted by Crippen LogP contribution is 2.34. The summed E-state index contributed by atoms with van der Waals surface area (Å²) in [5.41, 5.74) is 2.10. The van der Waals surface area contributed by atoms with Gasteiger partial charge in [-0.15, -0.1) is 0 Å². The Bertz CT molecular complexity index is 624. The highest BCUT2D eigenvalue weighted by atomic mass is 35.5. The van der Waals surface area contributed by atoms with Crippen molar-refractivity contribution < 1.29 is 0 Å². The average molecular weight is 303 g/mol. The Morgan fingerprint density at radius 2 is 2.10 bits per heavy atom. The van der Waals surface area contributed by atoms with Crippen LogP contribution in [0.2, 0.25) is 5.02 Å². The van der Waals surface area contributed by atoms with Crippen LogP contribution in [0.5, 0.6) is 0 Å². The van der Waals surface area contributed by atoms with Crippen molar-refractivity contribution in [2.45, 2.75) is 45.6 Å². The third-order valence-electron chi connectivity index (χ3n) is 4.73. The minimum absolute atomic E-state index is 0.553. The van der Waals surface area contributed by atoms with Gasteiger partial charge in [-0.25, -0.2) is 0 Å². The number of fused-ring (bicyclic) bond motifs is 1. The van der Waals surface area contributed by atoms with Crippen LogP contribution in [0, 0.1) is 11.8 Å². The number of aromatic nitrogens is 1. The van der Waals surface area contributed by atoms with Crippen molar-refractivity contribution in [3.05, 3.63) is 35.5 Å². The molecule has 1 aromatic carbocycles. The van der Waals surface area contributed by atoms with Gasteiger partial charge in [-0.05, 0) is 48.9 Å². The number of nitrogens with one attached hydrogen (secondary N) is 1. The first kappa shape index (κ1) is 14.6. The quantitative estimate of drug-likeness (QED) is 0.808. The fraction of sp³-hybridized carbons (Fsp3) is 0.500. The third-order valence-corrected chi connectivity index (χ3v) is 5.06. The van der Waals surface area contributed by atoms with Gasteiger partial charge in [0.1, 0.15) is 0 Å². The SMILES string of the molecule is CC(C)C1CCCC(Nc2ccc(Cl)c3cccnc23)C1. The minimum Gasteiger partial charge on any atom is -0.381 e. The van der Waals surface area contributed by atoms with E-state index in [2.05, 4.69) is 30.2 Å². The molecular formula is C18H23ClN2. The van der Waals surface area contributed by atoms with Crippen molar-refractivity contribution in [2.24, 2.45) is 11.8 Å². The maximum atomic E-state index is 6.27. The predicted octanol–water partition coefficient (Wildman–Crippen LogP) is 5.51. The molecule has 112 valence electrons. The largest absolute Gasteiger partial charge is 0.381 e. The van der Waals surface area contributed by atoms with Gasteiger partial charge in [-0.2, -0.15) is 0 Å². The summed E-state index contributed by atoms with van der Waals surface area (Å²) in [4.78, 5) is 4.51. The summed E-state index contributed by atoms with van der Waals surface area (Å²) >= 11 is 6.27. The Labute approximate surface area is 131 Å². The van der Waals surface area contributed by atoms with Crippen molar-refractivity contribution >= 4 is 28.2 Å². The number of halogens is 1. The first-order valence-corrected chi connectivity index (χ1v) is 8.32. The molecule has 0 amide bonds. The lowest BCUT2D eigenvalue weighted by Gasteiger charge is -2.32. The van der Waals surface area contributed by atoms with Crippen LogP contribution in [-0.4, -0.2) is 11.0 Å². The molecule has 2 atom stereocenters. The van der Waals surface area contributed by atoms with E-state index in [9.17, 15) is 0 Å². The lowest BCUT2D eigenvalue weighted by atomic mass is 9.79. The van der Waals surface area contributed by atoms with Gasteiger partial charge < -0.3 is 5.32 Å². The molecule has 3 rings (SSSR count). The van der Waals surface area contributed by atoms with Crippen LogP contribution in [-0.2, 0) is 0 Å². The predicted molar refractivity (Wildman–Crippen MR) is 91.0 cm³/mol. The van der Waals surface area contributed by atoms with E-state index in [1.54, 1.807) is 0 Å². The van der Waals surface area contributed by atoms with Crippen molar-refractivity contribution in [1.82, 2.24) is 4.98 Å².